The smallest absolute Gasteiger partial charge is 0.408 e. The maximum Gasteiger partial charge on any atom is 0.408 e. The number of alkyl carbamates (subject to hydrolysis) is 1. The second-order valence-electron chi connectivity index (χ2n) is 2.40. The van der Waals surface area contributed by atoms with E-state index in [4.69, 9.17) is 5.11 Å². The molecule has 1 atom stereocenters. The molecule has 0 saturated heterocycles. The number of carboxylic acids is 1. The van der Waals surface area contributed by atoms with Crippen molar-refractivity contribution in [2.75, 3.05) is 11.9 Å². The molecule has 6 heteroatoms. The van der Waals surface area contributed by atoms with Crippen molar-refractivity contribution in [3.05, 3.63) is 12.7 Å². The summed E-state index contributed by atoms with van der Waals surface area (Å²) in [5, 5.41) is 11.4. The summed E-state index contributed by atoms with van der Waals surface area (Å²) in [6.07, 6.45) is 0.955. The van der Waals surface area contributed by atoms with Gasteiger partial charge in [0.25, 0.3) is 0 Å². The van der Waals surface area contributed by atoms with E-state index in [0.717, 1.165) is 0 Å². The molecule has 2 N–H and O–H groups in total. The van der Waals surface area contributed by atoms with Gasteiger partial charge in [0.05, 0.1) is 0 Å². The van der Waals surface area contributed by atoms with E-state index in [0.29, 0.717) is 11.8 Å². The van der Waals surface area contributed by atoms with Gasteiger partial charge >= 0.3 is 12.1 Å². The molecule has 0 rings (SSSR count). The minimum Gasteiger partial charge on any atom is -0.480 e. The Labute approximate surface area is 90.3 Å². The molecule has 80 valence electrons. The molecule has 0 aromatic carbocycles. The SMILES string of the molecule is C=CCOC(=O)N[C@@H](CCBr)C(=O)O. The van der Waals surface area contributed by atoms with E-state index in [1.54, 1.807) is 0 Å². The van der Waals surface area contributed by atoms with Gasteiger partial charge in [0, 0.05) is 5.33 Å². The molecule has 0 saturated carbocycles. The van der Waals surface area contributed by atoms with Crippen LogP contribution in [0.4, 0.5) is 4.79 Å². The normalized spacial score (nSPS) is 11.5. The van der Waals surface area contributed by atoms with Crippen molar-refractivity contribution in [1.29, 1.82) is 0 Å². The summed E-state index contributed by atoms with van der Waals surface area (Å²) in [4.78, 5) is 21.5. The molecule has 0 unspecified atom stereocenters. The monoisotopic (exact) mass is 265 g/mol. The number of halogens is 1. The zero-order valence-corrected chi connectivity index (χ0v) is 9.12. The Morgan fingerprint density at radius 2 is 2.29 bits per heavy atom. The summed E-state index contributed by atoms with van der Waals surface area (Å²) in [6, 6.07) is -0.924. The Bertz CT molecular complexity index is 219. The molecule has 5 nitrogen and oxygen atoms in total. The average molecular weight is 266 g/mol. The number of aliphatic carboxylic acids is 1. The van der Waals surface area contributed by atoms with Crippen LogP contribution < -0.4 is 5.32 Å². The number of carboxylic acid groups (broad SMARTS) is 1. The number of nitrogens with one attached hydrogen (secondary N) is 1. The quantitative estimate of drug-likeness (QED) is 0.558. The fourth-order valence-corrected chi connectivity index (χ4v) is 1.14. The zero-order chi connectivity index (χ0) is 11.0. The van der Waals surface area contributed by atoms with Crippen molar-refractivity contribution in [3.8, 4) is 0 Å². The van der Waals surface area contributed by atoms with Gasteiger partial charge in [0.15, 0.2) is 0 Å². The van der Waals surface area contributed by atoms with Gasteiger partial charge in [-0.05, 0) is 6.42 Å². The molecule has 0 aliphatic carbocycles. The molecule has 0 spiro atoms. The summed E-state index contributed by atoms with van der Waals surface area (Å²) in [7, 11) is 0. The summed E-state index contributed by atoms with van der Waals surface area (Å²) in [5.41, 5.74) is 0. The van der Waals surface area contributed by atoms with Crippen LogP contribution in [-0.4, -0.2) is 35.1 Å². The molecule has 0 aromatic rings. The van der Waals surface area contributed by atoms with Crippen LogP contribution in [0.15, 0.2) is 12.7 Å². The summed E-state index contributed by atoms with van der Waals surface area (Å²) < 4.78 is 4.57. The lowest BCUT2D eigenvalue weighted by atomic mass is 10.2. The molecular weight excluding hydrogens is 254 g/mol. The Morgan fingerprint density at radius 1 is 1.64 bits per heavy atom. The third-order valence-corrected chi connectivity index (χ3v) is 1.78. The summed E-state index contributed by atoms with van der Waals surface area (Å²) in [5.74, 6) is -1.08. The van der Waals surface area contributed by atoms with Crippen LogP contribution in [-0.2, 0) is 9.53 Å². The third-order valence-electron chi connectivity index (χ3n) is 1.32. The molecule has 0 aliphatic rings. The average Bonchev–Trinajstić information content (AvgIpc) is 2.14. The highest BCUT2D eigenvalue weighted by Gasteiger charge is 2.19. The third kappa shape index (κ3) is 5.58. The highest BCUT2D eigenvalue weighted by atomic mass is 79.9. The van der Waals surface area contributed by atoms with E-state index >= 15 is 0 Å². The Balaban J connectivity index is 3.95. The van der Waals surface area contributed by atoms with E-state index in [9.17, 15) is 9.59 Å². The highest BCUT2D eigenvalue weighted by molar-refractivity contribution is 9.09. The first-order valence-electron chi connectivity index (χ1n) is 3.94. The fraction of sp³-hybridized carbons (Fsp3) is 0.500. The Kier molecular flexibility index (Phi) is 6.82. The van der Waals surface area contributed by atoms with Crippen molar-refractivity contribution < 1.29 is 19.4 Å². The number of carbonyl (C=O) groups is 2. The lowest BCUT2D eigenvalue weighted by molar-refractivity contribution is -0.139. The van der Waals surface area contributed by atoms with Gasteiger partial charge in [-0.15, -0.1) is 0 Å². The maximum absolute atomic E-state index is 10.9. The van der Waals surface area contributed by atoms with Crippen molar-refractivity contribution in [2.45, 2.75) is 12.5 Å². The van der Waals surface area contributed by atoms with Crippen LogP contribution in [0.5, 0.6) is 0 Å². The van der Waals surface area contributed by atoms with Gasteiger partial charge < -0.3 is 15.2 Å². The van der Waals surface area contributed by atoms with Crippen LogP contribution in [0.2, 0.25) is 0 Å². The van der Waals surface area contributed by atoms with Gasteiger partial charge in [-0.3, -0.25) is 0 Å². The van der Waals surface area contributed by atoms with Gasteiger partial charge in [-0.2, -0.15) is 0 Å². The van der Waals surface area contributed by atoms with Crippen LogP contribution in [0, 0.1) is 0 Å². The Hall–Kier alpha value is -1.04. The minimum absolute atomic E-state index is 0.0620. The van der Waals surface area contributed by atoms with Crippen LogP contribution in [0.25, 0.3) is 0 Å². The molecule has 0 radical (unpaired) electrons. The predicted octanol–water partition coefficient (Wildman–Crippen LogP) is 1.14. The largest absolute Gasteiger partial charge is 0.480 e. The lowest BCUT2D eigenvalue weighted by Gasteiger charge is -2.12. The molecule has 14 heavy (non-hydrogen) atoms. The first-order valence-corrected chi connectivity index (χ1v) is 5.07. The van der Waals surface area contributed by atoms with E-state index in [1.807, 2.05) is 0 Å². The van der Waals surface area contributed by atoms with Gasteiger partial charge in [0.2, 0.25) is 0 Å². The standard InChI is InChI=1S/C8H12BrNO4/c1-2-5-14-8(13)10-6(3-4-9)7(11)12/h2,6H,1,3-5H2,(H,10,13)(H,11,12)/t6-/m0/s1. The molecule has 0 bridgehead atoms. The second-order valence-corrected chi connectivity index (χ2v) is 3.19. The van der Waals surface area contributed by atoms with Crippen molar-refractivity contribution in [1.82, 2.24) is 5.32 Å². The van der Waals surface area contributed by atoms with Crippen LogP contribution >= 0.6 is 15.9 Å². The van der Waals surface area contributed by atoms with E-state index < -0.39 is 18.1 Å². The van der Waals surface area contributed by atoms with Gasteiger partial charge in [-0.1, -0.05) is 28.6 Å². The van der Waals surface area contributed by atoms with E-state index in [-0.39, 0.29) is 6.61 Å². The molecule has 0 aliphatic heterocycles. The molecule has 0 heterocycles. The predicted molar refractivity (Wildman–Crippen MR) is 54.5 cm³/mol. The fourth-order valence-electron chi connectivity index (χ4n) is 0.685. The first kappa shape index (κ1) is 13.0. The number of carbonyl (C=O) groups excluding carboxylic acids is 1. The Morgan fingerprint density at radius 3 is 2.71 bits per heavy atom. The van der Waals surface area contributed by atoms with Gasteiger partial charge in [-0.25, -0.2) is 9.59 Å². The first-order chi connectivity index (χ1) is 6.61. The second kappa shape index (κ2) is 7.37. The number of alkyl halides is 1. The minimum atomic E-state index is -1.08. The maximum atomic E-state index is 10.9. The van der Waals surface area contributed by atoms with Crippen molar-refractivity contribution >= 4 is 28.0 Å². The zero-order valence-electron chi connectivity index (χ0n) is 7.53. The van der Waals surface area contributed by atoms with Crippen LogP contribution in [0.1, 0.15) is 6.42 Å². The van der Waals surface area contributed by atoms with Gasteiger partial charge in [0.1, 0.15) is 12.6 Å². The number of rotatable bonds is 6. The van der Waals surface area contributed by atoms with E-state index in [1.165, 1.54) is 6.08 Å². The summed E-state index contributed by atoms with van der Waals surface area (Å²) >= 11 is 3.09. The summed E-state index contributed by atoms with van der Waals surface area (Å²) in [6.45, 7) is 3.42. The number of amides is 1. The number of hydrogen-bond acceptors (Lipinski definition) is 3. The number of ether oxygens (including phenoxy) is 1. The number of hydrogen-bond donors (Lipinski definition) is 2. The molecule has 0 fully saturated rings. The van der Waals surface area contributed by atoms with Crippen molar-refractivity contribution in [3.63, 3.8) is 0 Å². The highest BCUT2D eigenvalue weighted by Crippen LogP contribution is 1.97. The van der Waals surface area contributed by atoms with E-state index in [2.05, 4.69) is 32.6 Å². The van der Waals surface area contributed by atoms with Crippen LogP contribution in [0.3, 0.4) is 0 Å². The topological polar surface area (TPSA) is 75.6 Å². The lowest BCUT2D eigenvalue weighted by Crippen LogP contribution is -2.41. The molecule has 0 aromatic heterocycles. The van der Waals surface area contributed by atoms with Crippen molar-refractivity contribution in [2.24, 2.45) is 0 Å². The molecule has 1 amide bonds. The molecular formula is C8H12BrNO4.